The van der Waals surface area contributed by atoms with Gasteiger partial charge in [0.05, 0.1) is 0 Å². The Morgan fingerprint density at radius 3 is 1.62 bits per heavy atom. The van der Waals surface area contributed by atoms with Crippen molar-refractivity contribution < 1.29 is 18.5 Å². The quantitative estimate of drug-likeness (QED) is 0.533. The second-order valence-corrected chi connectivity index (χ2v) is 7.21. The van der Waals surface area contributed by atoms with Crippen molar-refractivity contribution in [2.75, 3.05) is 0 Å². The average molecular weight is 314 g/mol. The van der Waals surface area contributed by atoms with Crippen LogP contribution < -0.4 is 0 Å². The molecule has 120 valence electrons. The van der Waals surface area contributed by atoms with Crippen LogP contribution in [0.25, 0.3) is 0 Å². The minimum Gasteiger partial charge on any atom is -0.400 e. The van der Waals surface area contributed by atoms with Crippen molar-refractivity contribution in [2.45, 2.75) is 78.1 Å². The standard InChI is InChI=1S/C16H27O4P/c1-3-5-7-13-9-11-15(13)19-21(17,18)20-16-12-10-14(16)8-6-4-2/h3-12H2,1-2H3,(H,17,18). The molecule has 0 amide bonds. The number of phosphoric acid groups is 1. The first-order valence-corrected chi connectivity index (χ1v) is 9.69. The summed E-state index contributed by atoms with van der Waals surface area (Å²) >= 11 is 0. The van der Waals surface area contributed by atoms with Crippen LogP contribution in [0.3, 0.4) is 0 Å². The highest BCUT2D eigenvalue weighted by Crippen LogP contribution is 2.54. The van der Waals surface area contributed by atoms with Crippen LogP contribution in [-0.2, 0) is 13.6 Å². The SMILES string of the molecule is CCCCC1=C(OP(=O)(O)OC2=C(CCCC)CC2)CC1. The van der Waals surface area contributed by atoms with Gasteiger partial charge in [-0.05, 0) is 49.7 Å². The van der Waals surface area contributed by atoms with Crippen LogP contribution in [0.2, 0.25) is 0 Å². The molecule has 0 atom stereocenters. The number of hydrogen-bond donors (Lipinski definition) is 1. The smallest absolute Gasteiger partial charge is 0.400 e. The largest absolute Gasteiger partial charge is 0.584 e. The second-order valence-electron chi connectivity index (χ2n) is 5.91. The number of rotatable bonds is 10. The lowest BCUT2D eigenvalue weighted by molar-refractivity contribution is 0.190. The van der Waals surface area contributed by atoms with Gasteiger partial charge in [0.15, 0.2) is 0 Å². The highest BCUT2D eigenvalue weighted by Gasteiger charge is 2.33. The minimum atomic E-state index is -3.99. The summed E-state index contributed by atoms with van der Waals surface area (Å²) in [4.78, 5) is 9.91. The zero-order valence-electron chi connectivity index (χ0n) is 13.2. The van der Waals surface area contributed by atoms with Crippen LogP contribution in [0, 0.1) is 0 Å². The van der Waals surface area contributed by atoms with Gasteiger partial charge in [-0.25, -0.2) is 4.57 Å². The molecule has 0 aliphatic heterocycles. The average Bonchev–Trinajstić information content (AvgIpc) is 2.41. The van der Waals surface area contributed by atoms with E-state index in [9.17, 15) is 9.46 Å². The molecular weight excluding hydrogens is 287 g/mol. The van der Waals surface area contributed by atoms with Crippen molar-refractivity contribution >= 4 is 7.82 Å². The number of unbranched alkanes of at least 4 members (excludes halogenated alkanes) is 2. The molecule has 0 aromatic rings. The molecule has 2 rings (SSSR count). The molecular formula is C16H27O4P. The van der Waals surface area contributed by atoms with E-state index < -0.39 is 7.82 Å². The molecule has 0 saturated carbocycles. The molecule has 2 aliphatic rings. The second kappa shape index (κ2) is 7.51. The fourth-order valence-electron chi connectivity index (χ4n) is 2.63. The van der Waals surface area contributed by atoms with E-state index in [0.29, 0.717) is 11.5 Å². The molecule has 0 bridgehead atoms. The molecule has 4 nitrogen and oxygen atoms in total. The van der Waals surface area contributed by atoms with Gasteiger partial charge in [0.1, 0.15) is 11.5 Å². The van der Waals surface area contributed by atoms with Crippen LogP contribution >= 0.6 is 7.82 Å². The summed E-state index contributed by atoms with van der Waals surface area (Å²) in [6.45, 7) is 4.28. The zero-order chi connectivity index (χ0) is 15.3. The molecule has 0 aromatic carbocycles. The van der Waals surface area contributed by atoms with Gasteiger partial charge in [-0.1, -0.05) is 26.7 Å². The van der Waals surface area contributed by atoms with Crippen molar-refractivity contribution in [3.63, 3.8) is 0 Å². The number of phosphoric ester groups is 1. The van der Waals surface area contributed by atoms with Crippen molar-refractivity contribution in [3.05, 3.63) is 22.7 Å². The highest BCUT2D eigenvalue weighted by atomic mass is 31.2. The molecule has 0 aromatic heterocycles. The van der Waals surface area contributed by atoms with Gasteiger partial charge in [0.25, 0.3) is 0 Å². The van der Waals surface area contributed by atoms with E-state index in [0.717, 1.165) is 64.2 Å². The molecule has 1 N–H and O–H groups in total. The Bertz CT molecular complexity index is 439. The van der Waals surface area contributed by atoms with E-state index in [-0.39, 0.29) is 0 Å². The van der Waals surface area contributed by atoms with Crippen molar-refractivity contribution in [1.29, 1.82) is 0 Å². The molecule has 0 heterocycles. The predicted molar refractivity (Wildman–Crippen MR) is 83.6 cm³/mol. The number of allylic oxidation sites excluding steroid dienone is 4. The molecule has 5 heteroatoms. The van der Waals surface area contributed by atoms with E-state index >= 15 is 0 Å². The first-order valence-electron chi connectivity index (χ1n) is 8.19. The lowest BCUT2D eigenvalue weighted by Gasteiger charge is -2.29. The zero-order valence-corrected chi connectivity index (χ0v) is 14.1. The molecule has 0 spiro atoms. The van der Waals surface area contributed by atoms with Gasteiger partial charge in [0.2, 0.25) is 0 Å². The Morgan fingerprint density at radius 1 is 0.905 bits per heavy atom. The molecule has 0 radical (unpaired) electrons. The normalized spacial score (nSPS) is 18.4. The van der Waals surface area contributed by atoms with Crippen LogP contribution in [0.5, 0.6) is 0 Å². The first-order chi connectivity index (χ1) is 10.1. The van der Waals surface area contributed by atoms with E-state index in [1.54, 1.807) is 0 Å². The summed E-state index contributed by atoms with van der Waals surface area (Å²) in [7, 11) is -3.99. The Balaban J connectivity index is 1.89. The predicted octanol–water partition coefficient (Wildman–Crippen LogP) is 5.60. The molecule has 2 aliphatic carbocycles. The summed E-state index contributed by atoms with van der Waals surface area (Å²) in [5.41, 5.74) is 2.37. The minimum absolute atomic E-state index is 0.685. The van der Waals surface area contributed by atoms with Crippen molar-refractivity contribution in [1.82, 2.24) is 0 Å². The van der Waals surface area contributed by atoms with Gasteiger partial charge in [-0.2, -0.15) is 0 Å². The third-order valence-corrected chi connectivity index (χ3v) is 5.11. The summed E-state index contributed by atoms with van der Waals surface area (Å²) < 4.78 is 22.7. The lowest BCUT2D eigenvalue weighted by Crippen LogP contribution is -2.11. The molecule has 0 unspecified atom stereocenters. The highest BCUT2D eigenvalue weighted by molar-refractivity contribution is 7.47. The molecule has 0 saturated heterocycles. The first kappa shape index (κ1) is 16.6. The van der Waals surface area contributed by atoms with Crippen LogP contribution in [-0.4, -0.2) is 4.89 Å². The van der Waals surface area contributed by atoms with E-state index in [2.05, 4.69) is 13.8 Å². The van der Waals surface area contributed by atoms with Gasteiger partial charge in [0, 0.05) is 12.8 Å². The van der Waals surface area contributed by atoms with Gasteiger partial charge >= 0.3 is 7.82 Å². The Morgan fingerprint density at radius 2 is 1.33 bits per heavy atom. The third-order valence-electron chi connectivity index (χ3n) is 4.21. The van der Waals surface area contributed by atoms with Crippen LogP contribution in [0.15, 0.2) is 22.7 Å². The number of hydrogen-bond acceptors (Lipinski definition) is 3. The van der Waals surface area contributed by atoms with Gasteiger partial charge in [-0.15, -0.1) is 0 Å². The van der Waals surface area contributed by atoms with Crippen molar-refractivity contribution in [2.24, 2.45) is 0 Å². The topological polar surface area (TPSA) is 55.8 Å². The summed E-state index contributed by atoms with van der Waals surface area (Å²) in [6.07, 6.45) is 9.88. The van der Waals surface area contributed by atoms with Gasteiger partial charge in [-0.3, -0.25) is 4.89 Å². The lowest BCUT2D eigenvalue weighted by atomic mass is 9.92. The van der Waals surface area contributed by atoms with Crippen LogP contribution in [0.4, 0.5) is 0 Å². The van der Waals surface area contributed by atoms with Crippen molar-refractivity contribution in [3.8, 4) is 0 Å². The molecule has 21 heavy (non-hydrogen) atoms. The maximum atomic E-state index is 12.1. The Hall–Kier alpha value is -0.730. The fourth-order valence-corrected chi connectivity index (χ4v) is 3.67. The van der Waals surface area contributed by atoms with E-state index in [1.807, 2.05) is 0 Å². The summed E-state index contributed by atoms with van der Waals surface area (Å²) in [6, 6.07) is 0. The summed E-state index contributed by atoms with van der Waals surface area (Å²) in [5, 5.41) is 0. The monoisotopic (exact) mass is 314 g/mol. The Labute approximate surface area is 127 Å². The summed E-state index contributed by atoms with van der Waals surface area (Å²) in [5.74, 6) is 1.37. The molecule has 0 fully saturated rings. The third kappa shape index (κ3) is 4.62. The maximum Gasteiger partial charge on any atom is 0.584 e. The van der Waals surface area contributed by atoms with Gasteiger partial charge < -0.3 is 9.05 Å². The van der Waals surface area contributed by atoms with E-state index in [1.165, 1.54) is 11.1 Å². The van der Waals surface area contributed by atoms with Crippen LogP contribution in [0.1, 0.15) is 78.1 Å². The maximum absolute atomic E-state index is 12.1. The Kier molecular flexibility index (Phi) is 5.95. The van der Waals surface area contributed by atoms with E-state index in [4.69, 9.17) is 9.05 Å². The fraction of sp³-hybridized carbons (Fsp3) is 0.750.